The molecule has 36 heavy (non-hydrogen) atoms. The quantitative estimate of drug-likeness (QED) is 0.326. The third-order valence-corrected chi connectivity index (χ3v) is 6.35. The van der Waals surface area contributed by atoms with Crippen molar-refractivity contribution in [3.8, 4) is 5.75 Å². The zero-order valence-corrected chi connectivity index (χ0v) is 21.3. The van der Waals surface area contributed by atoms with Gasteiger partial charge in [-0.25, -0.2) is 0 Å². The standard InChI is InChI=1S/C29H32N4O3/c1-5-6-19-31(2)29(35)27-25-9-7-8-10-26(25)33(30-27)20-21-11-13-22(14-12-21)28(34)32(3)23-15-17-24(36-4)18-16-23/h7-18H,5-6,19-20H2,1-4H3. The largest absolute Gasteiger partial charge is 0.497 e. The SMILES string of the molecule is CCCCN(C)C(=O)c1nn(Cc2ccc(C(=O)N(C)c3ccc(OC)cc3)cc2)c2ccccc12. The van der Waals surface area contributed by atoms with E-state index in [1.165, 1.54) is 0 Å². The van der Waals surface area contributed by atoms with Crippen LogP contribution in [0, 0.1) is 0 Å². The van der Waals surface area contributed by atoms with Crippen LogP contribution in [-0.2, 0) is 6.54 Å². The van der Waals surface area contributed by atoms with Crippen LogP contribution < -0.4 is 9.64 Å². The number of methoxy groups -OCH3 is 1. The van der Waals surface area contributed by atoms with Crippen molar-refractivity contribution in [3.63, 3.8) is 0 Å². The summed E-state index contributed by atoms with van der Waals surface area (Å²) < 4.78 is 7.05. The van der Waals surface area contributed by atoms with Crippen LogP contribution in [0.5, 0.6) is 5.75 Å². The van der Waals surface area contributed by atoms with Crippen LogP contribution >= 0.6 is 0 Å². The number of hydrogen-bond acceptors (Lipinski definition) is 4. The fraction of sp³-hybridized carbons (Fsp3) is 0.276. The fourth-order valence-electron chi connectivity index (χ4n) is 4.13. The molecule has 186 valence electrons. The molecule has 0 aliphatic heterocycles. The Balaban J connectivity index is 1.52. The Morgan fingerprint density at radius 1 is 0.917 bits per heavy atom. The van der Waals surface area contributed by atoms with Gasteiger partial charge in [-0.3, -0.25) is 14.3 Å². The van der Waals surface area contributed by atoms with Gasteiger partial charge in [-0.2, -0.15) is 5.10 Å². The maximum Gasteiger partial charge on any atom is 0.274 e. The van der Waals surface area contributed by atoms with Gasteiger partial charge in [0.15, 0.2) is 5.69 Å². The summed E-state index contributed by atoms with van der Waals surface area (Å²) in [6.45, 7) is 3.31. The van der Waals surface area contributed by atoms with Crippen LogP contribution in [0.25, 0.3) is 10.9 Å². The van der Waals surface area contributed by atoms with E-state index in [1.807, 2.05) is 84.5 Å². The molecule has 0 N–H and O–H groups in total. The van der Waals surface area contributed by atoms with Crippen molar-refractivity contribution < 1.29 is 14.3 Å². The lowest BCUT2D eigenvalue weighted by atomic mass is 10.1. The summed E-state index contributed by atoms with van der Waals surface area (Å²) in [7, 11) is 5.19. The number of nitrogens with zero attached hydrogens (tertiary/aromatic N) is 4. The predicted octanol–water partition coefficient (Wildman–Crippen LogP) is 5.24. The normalized spacial score (nSPS) is 10.9. The summed E-state index contributed by atoms with van der Waals surface area (Å²) in [5, 5.41) is 5.54. The van der Waals surface area contributed by atoms with E-state index in [9.17, 15) is 9.59 Å². The zero-order valence-electron chi connectivity index (χ0n) is 21.3. The monoisotopic (exact) mass is 484 g/mol. The third kappa shape index (κ3) is 5.25. The van der Waals surface area contributed by atoms with Crippen molar-refractivity contribution >= 4 is 28.4 Å². The van der Waals surface area contributed by atoms with E-state index in [4.69, 9.17) is 9.84 Å². The Morgan fingerprint density at radius 3 is 2.28 bits per heavy atom. The van der Waals surface area contributed by atoms with E-state index in [2.05, 4.69) is 6.92 Å². The molecule has 0 aliphatic carbocycles. The number of carbonyl (C=O) groups is 2. The van der Waals surface area contributed by atoms with E-state index in [1.54, 1.807) is 24.0 Å². The van der Waals surface area contributed by atoms with Crippen LogP contribution in [0.15, 0.2) is 72.8 Å². The summed E-state index contributed by atoms with van der Waals surface area (Å²) in [6, 6.07) is 22.7. The molecule has 0 spiro atoms. The van der Waals surface area contributed by atoms with E-state index in [0.29, 0.717) is 24.3 Å². The Morgan fingerprint density at radius 2 is 1.61 bits per heavy atom. The molecule has 0 unspecified atom stereocenters. The third-order valence-electron chi connectivity index (χ3n) is 6.35. The van der Waals surface area contributed by atoms with Gasteiger partial charge in [0.2, 0.25) is 0 Å². The molecule has 7 nitrogen and oxygen atoms in total. The Labute approximate surface area is 211 Å². The van der Waals surface area contributed by atoms with Crippen LogP contribution in [0.1, 0.15) is 46.2 Å². The maximum absolute atomic E-state index is 13.1. The van der Waals surface area contributed by atoms with E-state index in [0.717, 1.165) is 40.7 Å². The van der Waals surface area contributed by atoms with E-state index < -0.39 is 0 Å². The number of carbonyl (C=O) groups excluding carboxylic acids is 2. The molecular weight excluding hydrogens is 452 g/mol. The number of fused-ring (bicyclic) bond motifs is 1. The van der Waals surface area contributed by atoms with Gasteiger partial charge < -0.3 is 14.5 Å². The number of hydrogen-bond donors (Lipinski definition) is 0. The molecule has 1 heterocycles. The lowest BCUT2D eigenvalue weighted by molar-refractivity contribution is 0.0788. The minimum absolute atomic E-state index is 0.0686. The number of unbranched alkanes of at least 4 members (excludes halogenated alkanes) is 1. The van der Waals surface area contributed by atoms with Crippen LogP contribution in [0.3, 0.4) is 0 Å². The van der Waals surface area contributed by atoms with Crippen LogP contribution in [0.2, 0.25) is 0 Å². The lowest BCUT2D eigenvalue weighted by Gasteiger charge is -2.18. The second kappa shape index (κ2) is 11.1. The molecule has 0 atom stereocenters. The molecule has 7 heteroatoms. The first kappa shape index (κ1) is 25.0. The summed E-state index contributed by atoms with van der Waals surface area (Å²) in [5.74, 6) is 0.577. The fourth-order valence-corrected chi connectivity index (χ4v) is 4.13. The molecule has 3 aromatic carbocycles. The van der Waals surface area contributed by atoms with Crippen molar-refractivity contribution in [2.75, 3.05) is 32.6 Å². The van der Waals surface area contributed by atoms with Gasteiger partial charge in [-0.15, -0.1) is 0 Å². The van der Waals surface area contributed by atoms with Crippen molar-refractivity contribution in [1.82, 2.24) is 14.7 Å². The first-order valence-electron chi connectivity index (χ1n) is 12.1. The van der Waals surface area contributed by atoms with Crippen molar-refractivity contribution in [3.05, 3.63) is 89.6 Å². The first-order valence-corrected chi connectivity index (χ1v) is 12.1. The number of rotatable bonds is 9. The molecule has 2 amide bonds. The number of ether oxygens (including phenoxy) is 1. The van der Waals surface area contributed by atoms with Gasteiger partial charge in [0, 0.05) is 37.3 Å². The molecule has 0 bridgehead atoms. The lowest BCUT2D eigenvalue weighted by Crippen LogP contribution is -2.28. The molecule has 4 aromatic rings. The molecule has 0 saturated heterocycles. The second-order valence-corrected chi connectivity index (χ2v) is 8.86. The molecule has 1 aromatic heterocycles. The summed E-state index contributed by atoms with van der Waals surface area (Å²) >= 11 is 0. The minimum atomic E-state index is -0.0979. The molecular formula is C29H32N4O3. The van der Waals surface area contributed by atoms with Gasteiger partial charge in [0.25, 0.3) is 11.8 Å². The second-order valence-electron chi connectivity index (χ2n) is 8.86. The van der Waals surface area contributed by atoms with E-state index in [-0.39, 0.29) is 11.8 Å². The van der Waals surface area contributed by atoms with Crippen LogP contribution in [0.4, 0.5) is 5.69 Å². The van der Waals surface area contributed by atoms with Crippen LogP contribution in [-0.4, -0.2) is 54.2 Å². The van der Waals surface area contributed by atoms with Gasteiger partial charge in [-0.05, 0) is 54.4 Å². The number of benzene rings is 3. The molecule has 0 aliphatic rings. The van der Waals surface area contributed by atoms with Gasteiger partial charge >= 0.3 is 0 Å². The average molecular weight is 485 g/mol. The van der Waals surface area contributed by atoms with Gasteiger partial charge in [-0.1, -0.05) is 43.7 Å². The highest BCUT2D eigenvalue weighted by molar-refractivity contribution is 6.06. The zero-order chi connectivity index (χ0) is 25.7. The number of para-hydroxylation sites is 1. The average Bonchev–Trinajstić information content (AvgIpc) is 3.29. The predicted molar refractivity (Wildman–Crippen MR) is 143 cm³/mol. The van der Waals surface area contributed by atoms with Crippen molar-refractivity contribution in [2.24, 2.45) is 0 Å². The number of aromatic nitrogens is 2. The van der Waals surface area contributed by atoms with Gasteiger partial charge in [0.1, 0.15) is 5.75 Å². The topological polar surface area (TPSA) is 67.7 Å². The Hall–Kier alpha value is -4.13. The number of amides is 2. The number of anilines is 1. The summed E-state index contributed by atoms with van der Waals surface area (Å²) in [5.41, 5.74) is 3.75. The molecule has 0 saturated carbocycles. The molecule has 0 fully saturated rings. The highest BCUT2D eigenvalue weighted by Gasteiger charge is 2.20. The minimum Gasteiger partial charge on any atom is -0.497 e. The Kier molecular flexibility index (Phi) is 7.68. The summed E-state index contributed by atoms with van der Waals surface area (Å²) in [4.78, 5) is 29.4. The summed E-state index contributed by atoms with van der Waals surface area (Å²) in [6.07, 6.45) is 1.99. The highest BCUT2D eigenvalue weighted by Crippen LogP contribution is 2.22. The van der Waals surface area contributed by atoms with Crippen molar-refractivity contribution in [1.29, 1.82) is 0 Å². The first-order chi connectivity index (χ1) is 17.4. The van der Waals surface area contributed by atoms with Crippen molar-refractivity contribution in [2.45, 2.75) is 26.3 Å². The van der Waals surface area contributed by atoms with Gasteiger partial charge in [0.05, 0.1) is 19.2 Å². The maximum atomic E-state index is 13.1. The molecule has 4 rings (SSSR count). The molecule has 0 radical (unpaired) electrons. The smallest absolute Gasteiger partial charge is 0.274 e. The Bertz CT molecular complexity index is 1340. The highest BCUT2D eigenvalue weighted by atomic mass is 16.5. The van der Waals surface area contributed by atoms with E-state index >= 15 is 0 Å².